The molecule has 0 unspecified atom stereocenters. The van der Waals surface area contributed by atoms with Crippen molar-refractivity contribution in [2.45, 2.75) is 32.1 Å². The summed E-state index contributed by atoms with van der Waals surface area (Å²) in [5.41, 5.74) is 0.604. The van der Waals surface area contributed by atoms with E-state index in [-0.39, 0.29) is 11.8 Å². The molecule has 1 heterocycles. The van der Waals surface area contributed by atoms with Crippen LogP contribution in [0.1, 0.15) is 32.1 Å². The van der Waals surface area contributed by atoms with Gasteiger partial charge >= 0.3 is 0 Å². The Morgan fingerprint density at radius 3 is 2.45 bits per heavy atom. The summed E-state index contributed by atoms with van der Waals surface area (Å²) in [6, 6.07) is 3.47. The van der Waals surface area contributed by atoms with Gasteiger partial charge in [-0.05, 0) is 12.8 Å². The number of amides is 1. The third-order valence-corrected chi connectivity index (χ3v) is 4.13. The minimum Gasteiger partial charge on any atom is -0.490 e. The molecular formula is C15H18ClNO3. The molecule has 1 fully saturated rings. The second-order valence-corrected chi connectivity index (χ2v) is 5.71. The maximum absolute atomic E-state index is 12.2. The standard InChI is InChI=1S/C15H18ClNO3/c16-11-8-13-14(20-7-3-6-19-13)9-12(11)17-15(18)10-4-1-2-5-10/h8-10H,1-7H2,(H,17,18). The van der Waals surface area contributed by atoms with E-state index in [9.17, 15) is 4.79 Å². The second-order valence-electron chi connectivity index (χ2n) is 5.30. The molecule has 1 saturated carbocycles. The Morgan fingerprint density at radius 1 is 1.10 bits per heavy atom. The van der Waals surface area contributed by atoms with Gasteiger partial charge in [0.1, 0.15) is 0 Å². The lowest BCUT2D eigenvalue weighted by Crippen LogP contribution is -2.20. The molecule has 1 N–H and O–H groups in total. The highest BCUT2D eigenvalue weighted by molar-refractivity contribution is 6.34. The van der Waals surface area contributed by atoms with E-state index < -0.39 is 0 Å². The second kappa shape index (κ2) is 5.92. The van der Waals surface area contributed by atoms with Gasteiger partial charge in [-0.1, -0.05) is 24.4 Å². The summed E-state index contributed by atoms with van der Waals surface area (Å²) in [5.74, 6) is 1.46. The molecule has 3 rings (SSSR count). The Hall–Kier alpha value is -1.42. The molecule has 0 radical (unpaired) electrons. The number of fused-ring (bicyclic) bond motifs is 1. The number of ether oxygens (including phenoxy) is 2. The Morgan fingerprint density at radius 2 is 1.75 bits per heavy atom. The predicted molar refractivity (Wildman–Crippen MR) is 77.6 cm³/mol. The molecular weight excluding hydrogens is 278 g/mol. The quantitative estimate of drug-likeness (QED) is 0.906. The van der Waals surface area contributed by atoms with E-state index in [2.05, 4.69) is 5.32 Å². The van der Waals surface area contributed by atoms with E-state index >= 15 is 0 Å². The van der Waals surface area contributed by atoms with Gasteiger partial charge in [0.25, 0.3) is 0 Å². The molecule has 5 heteroatoms. The van der Waals surface area contributed by atoms with Gasteiger partial charge in [0, 0.05) is 24.5 Å². The van der Waals surface area contributed by atoms with E-state index in [4.69, 9.17) is 21.1 Å². The Bertz CT molecular complexity index is 512. The summed E-state index contributed by atoms with van der Waals surface area (Å²) in [5, 5.41) is 3.40. The van der Waals surface area contributed by atoms with Crippen molar-refractivity contribution < 1.29 is 14.3 Å². The first-order chi connectivity index (χ1) is 9.74. The molecule has 1 aliphatic carbocycles. The van der Waals surface area contributed by atoms with Crippen molar-refractivity contribution in [3.63, 3.8) is 0 Å². The molecule has 2 aliphatic rings. The molecule has 1 aromatic carbocycles. The van der Waals surface area contributed by atoms with Gasteiger partial charge in [0.05, 0.1) is 23.9 Å². The zero-order valence-electron chi connectivity index (χ0n) is 11.3. The number of hydrogen-bond donors (Lipinski definition) is 1. The Labute approximate surface area is 123 Å². The van der Waals surface area contributed by atoms with Crippen LogP contribution < -0.4 is 14.8 Å². The van der Waals surface area contributed by atoms with Crippen molar-refractivity contribution in [1.29, 1.82) is 0 Å². The minimum atomic E-state index is 0.0545. The monoisotopic (exact) mass is 295 g/mol. The summed E-state index contributed by atoms with van der Waals surface area (Å²) < 4.78 is 11.2. The molecule has 0 aromatic heterocycles. The number of rotatable bonds is 2. The molecule has 1 aliphatic heterocycles. The molecule has 1 amide bonds. The number of halogens is 1. The lowest BCUT2D eigenvalue weighted by atomic mass is 10.1. The van der Waals surface area contributed by atoms with Crippen LogP contribution >= 0.6 is 11.6 Å². The summed E-state index contributed by atoms with van der Waals surface area (Å²) in [4.78, 5) is 12.2. The van der Waals surface area contributed by atoms with Gasteiger partial charge in [-0.2, -0.15) is 0 Å². The van der Waals surface area contributed by atoms with Crippen LogP contribution in [-0.2, 0) is 4.79 Å². The zero-order chi connectivity index (χ0) is 13.9. The molecule has 1 aromatic rings. The highest BCUT2D eigenvalue weighted by Crippen LogP contribution is 2.38. The van der Waals surface area contributed by atoms with E-state index in [0.717, 1.165) is 32.1 Å². The normalized spacial score (nSPS) is 18.6. The number of carbonyl (C=O) groups excluding carboxylic acids is 1. The van der Waals surface area contributed by atoms with Crippen LogP contribution in [0.3, 0.4) is 0 Å². The first-order valence-corrected chi connectivity index (χ1v) is 7.52. The zero-order valence-corrected chi connectivity index (χ0v) is 12.0. The summed E-state index contributed by atoms with van der Waals surface area (Å²) in [6.45, 7) is 1.24. The third-order valence-electron chi connectivity index (χ3n) is 3.82. The fraction of sp³-hybridized carbons (Fsp3) is 0.533. The van der Waals surface area contributed by atoms with E-state index in [1.807, 2.05) is 0 Å². The molecule has 4 nitrogen and oxygen atoms in total. The van der Waals surface area contributed by atoms with Crippen LogP contribution in [0.5, 0.6) is 11.5 Å². The molecule has 20 heavy (non-hydrogen) atoms. The van der Waals surface area contributed by atoms with Crippen molar-refractivity contribution in [1.82, 2.24) is 0 Å². The Balaban J connectivity index is 1.78. The maximum atomic E-state index is 12.2. The van der Waals surface area contributed by atoms with Crippen LogP contribution in [0.4, 0.5) is 5.69 Å². The van der Waals surface area contributed by atoms with E-state index in [0.29, 0.717) is 35.4 Å². The fourth-order valence-electron chi connectivity index (χ4n) is 2.70. The largest absolute Gasteiger partial charge is 0.490 e. The van der Waals surface area contributed by atoms with Crippen molar-refractivity contribution in [2.75, 3.05) is 18.5 Å². The summed E-state index contributed by atoms with van der Waals surface area (Å²) in [7, 11) is 0. The smallest absolute Gasteiger partial charge is 0.227 e. The third kappa shape index (κ3) is 2.85. The van der Waals surface area contributed by atoms with Crippen LogP contribution in [-0.4, -0.2) is 19.1 Å². The first kappa shape index (κ1) is 13.6. The fourth-order valence-corrected chi connectivity index (χ4v) is 2.90. The average molecular weight is 296 g/mol. The number of hydrogen-bond acceptors (Lipinski definition) is 3. The van der Waals surface area contributed by atoms with E-state index in [1.165, 1.54) is 0 Å². The molecule has 0 spiro atoms. The molecule has 0 atom stereocenters. The maximum Gasteiger partial charge on any atom is 0.227 e. The van der Waals surface area contributed by atoms with Gasteiger partial charge in [0.2, 0.25) is 5.91 Å². The van der Waals surface area contributed by atoms with Crippen molar-refractivity contribution in [3.8, 4) is 11.5 Å². The number of nitrogens with one attached hydrogen (secondary N) is 1. The van der Waals surface area contributed by atoms with Crippen LogP contribution in [0.2, 0.25) is 5.02 Å². The summed E-state index contributed by atoms with van der Waals surface area (Å²) >= 11 is 6.21. The Kier molecular flexibility index (Phi) is 4.01. The predicted octanol–water partition coefficient (Wildman–Crippen LogP) is 3.63. The van der Waals surface area contributed by atoms with Gasteiger partial charge < -0.3 is 14.8 Å². The van der Waals surface area contributed by atoms with Gasteiger partial charge in [0.15, 0.2) is 11.5 Å². The lowest BCUT2D eigenvalue weighted by Gasteiger charge is -2.14. The van der Waals surface area contributed by atoms with Crippen molar-refractivity contribution in [3.05, 3.63) is 17.2 Å². The topological polar surface area (TPSA) is 47.6 Å². The number of carbonyl (C=O) groups is 1. The van der Waals surface area contributed by atoms with Gasteiger partial charge in [-0.15, -0.1) is 0 Å². The molecule has 0 saturated heterocycles. The highest BCUT2D eigenvalue weighted by atomic mass is 35.5. The number of benzene rings is 1. The van der Waals surface area contributed by atoms with Crippen molar-refractivity contribution >= 4 is 23.2 Å². The first-order valence-electron chi connectivity index (χ1n) is 7.14. The van der Waals surface area contributed by atoms with Gasteiger partial charge in [-0.3, -0.25) is 4.79 Å². The summed E-state index contributed by atoms with van der Waals surface area (Å²) in [6.07, 6.45) is 5.04. The van der Waals surface area contributed by atoms with E-state index in [1.54, 1.807) is 12.1 Å². The van der Waals surface area contributed by atoms with Gasteiger partial charge in [-0.25, -0.2) is 0 Å². The molecule has 108 valence electrons. The highest BCUT2D eigenvalue weighted by Gasteiger charge is 2.24. The molecule has 0 bridgehead atoms. The number of anilines is 1. The van der Waals surface area contributed by atoms with Crippen LogP contribution in [0.25, 0.3) is 0 Å². The van der Waals surface area contributed by atoms with Crippen molar-refractivity contribution in [2.24, 2.45) is 5.92 Å². The SMILES string of the molecule is O=C(Nc1cc2c(cc1Cl)OCCCO2)C1CCCC1. The van der Waals surface area contributed by atoms with Crippen LogP contribution in [0.15, 0.2) is 12.1 Å². The average Bonchev–Trinajstić information content (AvgIpc) is 2.88. The lowest BCUT2D eigenvalue weighted by molar-refractivity contribution is -0.119. The minimum absolute atomic E-state index is 0.0545. The van der Waals surface area contributed by atoms with Crippen LogP contribution in [0, 0.1) is 5.92 Å².